The minimum Gasteiger partial charge on any atom is -0.456 e. The summed E-state index contributed by atoms with van der Waals surface area (Å²) in [4.78, 5) is 16.8. The van der Waals surface area contributed by atoms with E-state index in [2.05, 4.69) is 20.1 Å². The number of alkyl halides is 2. The molecule has 1 aliphatic heterocycles. The number of aromatic amines is 1. The van der Waals surface area contributed by atoms with Crippen LogP contribution in [-0.2, 0) is 16.6 Å². The van der Waals surface area contributed by atoms with Gasteiger partial charge in [0.1, 0.15) is 27.9 Å². The minimum atomic E-state index is -4.54. The summed E-state index contributed by atoms with van der Waals surface area (Å²) in [5, 5.41) is 4.74. The molecular weight excluding hydrogens is 564 g/mol. The van der Waals surface area contributed by atoms with Crippen molar-refractivity contribution in [3.63, 3.8) is 0 Å². The number of aromatic nitrogens is 6. The Morgan fingerprint density at radius 3 is 2.67 bits per heavy atom. The van der Waals surface area contributed by atoms with Crippen LogP contribution in [0.3, 0.4) is 0 Å². The zero-order chi connectivity index (χ0) is 28.0. The molecule has 3 aromatic heterocycles. The zero-order valence-electron chi connectivity index (χ0n) is 21.3. The Morgan fingerprint density at radius 1 is 1.12 bits per heavy atom. The molecule has 14 heteroatoms. The molecule has 1 fully saturated rings. The van der Waals surface area contributed by atoms with E-state index in [0.29, 0.717) is 52.6 Å². The number of halogens is 3. The molecule has 0 bridgehead atoms. The highest BCUT2D eigenvalue weighted by Crippen LogP contribution is 2.35. The Bertz CT molecular complexity index is 1820. The van der Waals surface area contributed by atoms with Crippen molar-refractivity contribution in [1.29, 1.82) is 0 Å². The molecule has 6 rings (SSSR count). The summed E-state index contributed by atoms with van der Waals surface area (Å²) in [7, 11) is -4.54. The van der Waals surface area contributed by atoms with Crippen LogP contribution in [0, 0.1) is 12.8 Å². The third kappa shape index (κ3) is 5.11. The highest BCUT2D eigenvalue weighted by molar-refractivity contribution is 7.89. The first kappa shape index (κ1) is 26.5. The number of imidazole rings is 1. The Hall–Kier alpha value is -3.68. The Kier molecular flexibility index (Phi) is 6.88. The van der Waals surface area contributed by atoms with Gasteiger partial charge < -0.3 is 9.72 Å². The molecule has 208 valence electrons. The average molecular weight is 588 g/mol. The van der Waals surface area contributed by atoms with Crippen molar-refractivity contribution in [3.05, 3.63) is 59.8 Å². The van der Waals surface area contributed by atoms with E-state index in [-0.39, 0.29) is 19.0 Å². The SMILES string of the molecule is Cc1nc2ccc(Oc3ccc4ncc(-c5cnn(CC6CCN(S(=O)(=O)C(F)F)CC6)c5)nc4c3Cl)cc2[nH]1. The highest BCUT2D eigenvalue weighted by atomic mass is 35.5. The van der Waals surface area contributed by atoms with Crippen LogP contribution in [0.5, 0.6) is 11.5 Å². The average Bonchev–Trinajstić information content (AvgIpc) is 3.55. The van der Waals surface area contributed by atoms with Gasteiger partial charge in [0, 0.05) is 37.5 Å². The van der Waals surface area contributed by atoms with E-state index in [0.717, 1.165) is 26.7 Å². The van der Waals surface area contributed by atoms with Crippen molar-refractivity contribution in [2.75, 3.05) is 13.1 Å². The number of hydrogen-bond acceptors (Lipinski definition) is 7. The summed E-state index contributed by atoms with van der Waals surface area (Å²) in [6.45, 7) is 2.56. The first-order chi connectivity index (χ1) is 19.2. The predicted octanol–water partition coefficient (Wildman–Crippen LogP) is 5.39. The number of sulfonamides is 1. The topological polar surface area (TPSA) is 119 Å². The van der Waals surface area contributed by atoms with Gasteiger partial charge in [-0.25, -0.2) is 18.4 Å². The maximum absolute atomic E-state index is 12.8. The van der Waals surface area contributed by atoms with Crippen molar-refractivity contribution in [2.24, 2.45) is 5.92 Å². The maximum Gasteiger partial charge on any atom is 0.350 e. The summed E-state index contributed by atoms with van der Waals surface area (Å²) in [5.41, 5.74) is 4.10. The highest BCUT2D eigenvalue weighted by Gasteiger charge is 2.34. The molecule has 1 saturated heterocycles. The second kappa shape index (κ2) is 10.4. The molecule has 0 unspecified atom stereocenters. The fraction of sp³-hybridized carbons (Fsp3) is 0.308. The normalized spacial score (nSPS) is 15.4. The van der Waals surface area contributed by atoms with Crippen molar-refractivity contribution in [2.45, 2.75) is 32.1 Å². The molecule has 10 nitrogen and oxygen atoms in total. The van der Waals surface area contributed by atoms with Crippen molar-refractivity contribution < 1.29 is 21.9 Å². The molecule has 0 spiro atoms. The van der Waals surface area contributed by atoms with Crippen LogP contribution in [-0.4, -0.2) is 61.3 Å². The number of H-pyrrole nitrogens is 1. The van der Waals surface area contributed by atoms with Crippen LogP contribution in [0.15, 0.2) is 48.9 Å². The number of hydrogen-bond donors (Lipinski definition) is 1. The number of aryl methyl sites for hydroxylation is 1. The summed E-state index contributed by atoms with van der Waals surface area (Å²) < 4.78 is 57.8. The second-order valence-electron chi connectivity index (χ2n) is 9.70. The first-order valence-corrected chi connectivity index (χ1v) is 14.4. The van der Waals surface area contributed by atoms with E-state index in [9.17, 15) is 17.2 Å². The van der Waals surface area contributed by atoms with Crippen molar-refractivity contribution in [1.82, 2.24) is 34.0 Å². The van der Waals surface area contributed by atoms with Gasteiger partial charge in [-0.1, -0.05) is 11.6 Å². The first-order valence-electron chi connectivity index (χ1n) is 12.6. The molecule has 4 heterocycles. The van der Waals surface area contributed by atoms with Crippen LogP contribution in [0.2, 0.25) is 5.02 Å². The molecular formula is C26H24ClF2N7O3S. The fourth-order valence-electron chi connectivity index (χ4n) is 4.87. The van der Waals surface area contributed by atoms with E-state index >= 15 is 0 Å². The molecule has 0 aliphatic carbocycles. The van der Waals surface area contributed by atoms with Crippen molar-refractivity contribution in [3.8, 4) is 22.8 Å². The number of rotatable bonds is 7. The number of nitrogens with zero attached hydrogens (tertiary/aromatic N) is 6. The zero-order valence-corrected chi connectivity index (χ0v) is 22.8. The summed E-state index contributed by atoms with van der Waals surface area (Å²) in [5.74, 6) is -1.44. The molecule has 0 radical (unpaired) electrons. The van der Waals surface area contributed by atoms with Crippen LogP contribution in [0.4, 0.5) is 8.78 Å². The number of nitrogens with one attached hydrogen (secondary N) is 1. The molecule has 40 heavy (non-hydrogen) atoms. The van der Waals surface area contributed by atoms with Gasteiger partial charge in [-0.15, -0.1) is 0 Å². The number of ether oxygens (including phenoxy) is 1. The number of benzene rings is 2. The van der Waals surface area contributed by atoms with E-state index in [4.69, 9.17) is 21.3 Å². The third-order valence-corrected chi connectivity index (χ3v) is 8.85. The quantitative estimate of drug-likeness (QED) is 0.271. The lowest BCUT2D eigenvalue weighted by Gasteiger charge is -2.30. The lowest BCUT2D eigenvalue weighted by molar-refractivity contribution is 0.198. The Morgan fingerprint density at radius 2 is 1.90 bits per heavy atom. The van der Waals surface area contributed by atoms with Crippen LogP contribution < -0.4 is 4.74 Å². The smallest absolute Gasteiger partial charge is 0.350 e. The molecule has 5 aromatic rings. The van der Waals surface area contributed by atoms with Gasteiger partial charge in [-0.3, -0.25) is 9.67 Å². The molecule has 1 aliphatic rings. The molecule has 0 amide bonds. The largest absolute Gasteiger partial charge is 0.456 e. The standard InChI is InChI=1S/C26H24ClF2N7O3S/c1-15-32-19-3-2-18(10-21(19)33-15)39-23-5-4-20-25(24(23)27)34-22(12-30-20)17-11-31-35(14-17)13-16-6-8-36(9-7-16)40(37,38)26(28)29/h2-5,10-12,14,16,26H,6-9,13H2,1H3,(H,32,33). The maximum atomic E-state index is 12.8. The summed E-state index contributed by atoms with van der Waals surface area (Å²) in [6.07, 6.45) is 6.09. The van der Waals surface area contributed by atoms with E-state index in [1.54, 1.807) is 29.2 Å². The summed E-state index contributed by atoms with van der Waals surface area (Å²) >= 11 is 6.71. The number of piperidine rings is 1. The van der Waals surface area contributed by atoms with E-state index in [1.165, 1.54) is 0 Å². The molecule has 0 saturated carbocycles. The van der Waals surface area contributed by atoms with Gasteiger partial charge >= 0.3 is 5.76 Å². The van der Waals surface area contributed by atoms with Crippen molar-refractivity contribution >= 4 is 43.7 Å². The van der Waals surface area contributed by atoms with Crippen LogP contribution >= 0.6 is 11.6 Å². The monoisotopic (exact) mass is 587 g/mol. The molecule has 0 atom stereocenters. The predicted molar refractivity (Wildman–Crippen MR) is 146 cm³/mol. The lowest BCUT2D eigenvalue weighted by atomic mass is 9.98. The molecule has 1 N–H and O–H groups in total. The molecule has 2 aromatic carbocycles. The van der Waals surface area contributed by atoms with E-state index in [1.807, 2.05) is 31.3 Å². The van der Waals surface area contributed by atoms with Gasteiger partial charge in [-0.2, -0.15) is 18.2 Å². The summed E-state index contributed by atoms with van der Waals surface area (Å²) in [6, 6.07) is 9.08. The Balaban J connectivity index is 1.18. The number of fused-ring (bicyclic) bond motifs is 2. The Labute approximate surface area is 233 Å². The lowest BCUT2D eigenvalue weighted by Crippen LogP contribution is -2.41. The van der Waals surface area contributed by atoms with Gasteiger partial charge in [0.05, 0.1) is 34.6 Å². The van der Waals surface area contributed by atoms with Gasteiger partial charge in [-0.05, 0) is 49.9 Å². The minimum absolute atomic E-state index is 0.0694. The van der Waals surface area contributed by atoms with Gasteiger partial charge in [0.2, 0.25) is 0 Å². The van der Waals surface area contributed by atoms with Crippen LogP contribution in [0.25, 0.3) is 33.3 Å². The van der Waals surface area contributed by atoms with Gasteiger partial charge in [0.25, 0.3) is 10.0 Å². The third-order valence-electron chi connectivity index (χ3n) is 6.95. The van der Waals surface area contributed by atoms with Crippen LogP contribution in [0.1, 0.15) is 18.7 Å². The fourth-order valence-corrected chi connectivity index (χ4v) is 6.06. The second-order valence-corrected chi connectivity index (χ2v) is 12.0. The van der Waals surface area contributed by atoms with Gasteiger partial charge in [0.15, 0.2) is 0 Å². The van der Waals surface area contributed by atoms with E-state index < -0.39 is 15.8 Å².